The SMILES string of the molecule is CC1=[C-]C(C)(C)C(C)=C1C.CCCCP(CCCC)c1cc2ccccc2[cH-]1.[Cl-].[Cl-].[Hf+4]. The zero-order chi connectivity index (χ0) is 20.7. The molecule has 0 fully saturated rings. The molecular weight excluding hydrogens is 605 g/mol. The van der Waals surface area contributed by atoms with E-state index >= 15 is 0 Å². The van der Waals surface area contributed by atoms with Crippen LogP contribution in [0.2, 0.25) is 0 Å². The zero-order valence-corrected chi connectivity index (χ0v) is 26.4. The molecule has 170 valence electrons. The standard InChI is InChI=1S/C17H24P.C10H15.2ClH.Hf/c1-3-5-11-18(12-6-4-2)17-13-15-9-7-8-10-16(15)14-17;1-7-6-10(4,5)9(3)8(7)2;;;/h7-10,13-14H,3-6,11-12H2,1-2H3;1-5H3;2*1H;/q2*-1;;;+4/p-2. The summed E-state index contributed by atoms with van der Waals surface area (Å²) in [7, 11) is 0.0856. The molecule has 0 saturated carbocycles. The summed E-state index contributed by atoms with van der Waals surface area (Å²) in [5.41, 5.74) is 4.39. The summed E-state index contributed by atoms with van der Waals surface area (Å²) in [5.74, 6) is 0. The molecule has 0 bridgehead atoms. The molecule has 2 aromatic carbocycles. The molecule has 0 aromatic heterocycles. The molecule has 3 rings (SSSR count). The van der Waals surface area contributed by atoms with E-state index in [1.165, 1.54) is 65.5 Å². The maximum atomic E-state index is 3.44. The molecule has 1 aliphatic rings. The van der Waals surface area contributed by atoms with Gasteiger partial charge in [-0.05, 0) is 25.2 Å². The van der Waals surface area contributed by atoms with Crippen molar-refractivity contribution in [3.8, 4) is 0 Å². The third-order valence-corrected chi connectivity index (χ3v) is 8.79. The van der Waals surface area contributed by atoms with Crippen LogP contribution in [0.3, 0.4) is 0 Å². The second-order valence-corrected chi connectivity index (χ2v) is 11.2. The van der Waals surface area contributed by atoms with Gasteiger partial charge < -0.3 is 24.8 Å². The van der Waals surface area contributed by atoms with E-state index in [9.17, 15) is 0 Å². The molecule has 1 aliphatic carbocycles. The Morgan fingerprint density at radius 2 is 1.48 bits per heavy atom. The largest absolute Gasteiger partial charge is 4.00 e. The zero-order valence-electron chi connectivity index (χ0n) is 20.4. The number of hydrogen-bond acceptors (Lipinski definition) is 0. The molecule has 0 saturated heterocycles. The number of halogens is 2. The van der Waals surface area contributed by atoms with E-state index in [0.29, 0.717) is 0 Å². The second-order valence-electron chi connectivity index (χ2n) is 8.66. The Bertz CT molecular complexity index is 792. The van der Waals surface area contributed by atoms with Crippen molar-refractivity contribution >= 4 is 24.0 Å². The Labute approximate surface area is 224 Å². The molecule has 0 atom stereocenters. The van der Waals surface area contributed by atoms with Crippen LogP contribution in [0.25, 0.3) is 10.8 Å². The first-order valence-corrected chi connectivity index (χ1v) is 12.7. The van der Waals surface area contributed by atoms with Crippen molar-refractivity contribution < 1.29 is 50.7 Å². The van der Waals surface area contributed by atoms with Crippen molar-refractivity contribution in [3.05, 3.63) is 59.2 Å². The monoisotopic (exact) mass is 644 g/mol. The van der Waals surface area contributed by atoms with Gasteiger partial charge in [0, 0.05) is 0 Å². The number of unbranched alkanes of at least 4 members (excludes halogenated alkanes) is 2. The van der Waals surface area contributed by atoms with Gasteiger partial charge in [-0.25, -0.2) is 5.57 Å². The normalized spacial score (nSPS) is 14.3. The van der Waals surface area contributed by atoms with Crippen LogP contribution in [-0.4, -0.2) is 12.3 Å². The Hall–Kier alpha value is 0.190. The number of fused-ring (bicyclic) bond motifs is 1. The van der Waals surface area contributed by atoms with Crippen LogP contribution in [-0.2, 0) is 25.8 Å². The molecule has 0 unspecified atom stereocenters. The fourth-order valence-corrected chi connectivity index (χ4v) is 6.57. The van der Waals surface area contributed by atoms with Crippen LogP contribution in [0.1, 0.15) is 74.1 Å². The Kier molecular flexibility index (Phi) is 17.1. The summed E-state index contributed by atoms with van der Waals surface area (Å²) in [4.78, 5) is 0. The first kappa shape index (κ1) is 33.4. The smallest absolute Gasteiger partial charge is 1.00 e. The van der Waals surface area contributed by atoms with Crippen molar-refractivity contribution in [1.82, 2.24) is 0 Å². The maximum Gasteiger partial charge on any atom is 4.00 e. The molecule has 0 nitrogen and oxygen atoms in total. The molecule has 31 heavy (non-hydrogen) atoms. The molecule has 0 radical (unpaired) electrons. The van der Waals surface area contributed by atoms with E-state index in [2.05, 4.69) is 90.9 Å². The fourth-order valence-electron chi connectivity index (χ4n) is 3.79. The summed E-state index contributed by atoms with van der Waals surface area (Å²) in [5, 5.41) is 4.48. The van der Waals surface area contributed by atoms with Crippen molar-refractivity contribution in [2.24, 2.45) is 5.41 Å². The molecule has 0 aliphatic heterocycles. The van der Waals surface area contributed by atoms with E-state index in [4.69, 9.17) is 0 Å². The third kappa shape index (κ3) is 9.52. The van der Waals surface area contributed by atoms with Gasteiger partial charge in [-0.1, -0.05) is 73.8 Å². The average Bonchev–Trinajstić information content (AvgIpc) is 3.17. The number of hydrogen-bond donors (Lipinski definition) is 0. The van der Waals surface area contributed by atoms with Gasteiger partial charge in [-0.2, -0.15) is 17.2 Å². The summed E-state index contributed by atoms with van der Waals surface area (Å²) in [6.45, 7) is 15.5. The van der Waals surface area contributed by atoms with Crippen molar-refractivity contribution in [2.75, 3.05) is 12.3 Å². The minimum absolute atomic E-state index is 0. The van der Waals surface area contributed by atoms with Gasteiger partial charge in [-0.3, -0.25) is 6.08 Å². The van der Waals surface area contributed by atoms with Crippen molar-refractivity contribution in [3.63, 3.8) is 0 Å². The Morgan fingerprint density at radius 1 is 0.935 bits per heavy atom. The van der Waals surface area contributed by atoms with E-state index < -0.39 is 0 Å². The van der Waals surface area contributed by atoms with E-state index in [0.717, 1.165) is 0 Å². The van der Waals surface area contributed by atoms with Crippen LogP contribution < -0.4 is 30.1 Å². The van der Waals surface area contributed by atoms with Crippen LogP contribution in [0.5, 0.6) is 0 Å². The summed E-state index contributed by atoms with van der Waals surface area (Å²) in [6.07, 6.45) is 11.7. The van der Waals surface area contributed by atoms with Gasteiger partial charge in [0.1, 0.15) is 0 Å². The maximum absolute atomic E-state index is 3.44. The van der Waals surface area contributed by atoms with Crippen LogP contribution in [0.4, 0.5) is 0 Å². The summed E-state index contributed by atoms with van der Waals surface area (Å²) >= 11 is 0. The topological polar surface area (TPSA) is 0 Å². The van der Waals surface area contributed by atoms with Crippen molar-refractivity contribution in [2.45, 2.75) is 74.1 Å². The fraction of sp³-hybridized carbons (Fsp3) is 0.519. The minimum Gasteiger partial charge on any atom is -1.00 e. The number of allylic oxidation sites excluding steroid dienone is 4. The molecule has 4 heteroatoms. The average molecular weight is 644 g/mol. The Morgan fingerprint density at radius 3 is 1.87 bits per heavy atom. The summed E-state index contributed by atoms with van der Waals surface area (Å²) < 4.78 is 0. The Balaban J connectivity index is 0. The van der Waals surface area contributed by atoms with Gasteiger partial charge in [0.05, 0.1) is 0 Å². The molecule has 0 heterocycles. The molecular formula is C27H39Cl2HfP. The predicted molar refractivity (Wildman–Crippen MR) is 130 cm³/mol. The minimum atomic E-state index is 0. The molecule has 2 aromatic rings. The number of benzene rings is 1. The van der Waals surface area contributed by atoms with Gasteiger partial charge in [0.2, 0.25) is 0 Å². The van der Waals surface area contributed by atoms with Crippen LogP contribution >= 0.6 is 7.92 Å². The van der Waals surface area contributed by atoms with Gasteiger partial charge in [0.25, 0.3) is 0 Å². The predicted octanol–water partition coefficient (Wildman–Crippen LogP) is 2.38. The summed E-state index contributed by atoms with van der Waals surface area (Å²) in [6, 6.07) is 13.6. The second kappa shape index (κ2) is 15.9. The van der Waals surface area contributed by atoms with Gasteiger partial charge >= 0.3 is 25.8 Å². The first-order chi connectivity index (χ1) is 13.3. The van der Waals surface area contributed by atoms with Crippen LogP contribution in [0.15, 0.2) is 53.1 Å². The van der Waals surface area contributed by atoms with Crippen molar-refractivity contribution in [1.29, 1.82) is 0 Å². The molecule has 0 spiro atoms. The van der Waals surface area contributed by atoms with Gasteiger partial charge in [0.15, 0.2) is 0 Å². The van der Waals surface area contributed by atoms with Crippen LogP contribution in [0, 0.1) is 11.5 Å². The molecule has 0 amide bonds. The molecule has 0 N–H and O–H groups in total. The quantitative estimate of drug-likeness (QED) is 0.247. The van der Waals surface area contributed by atoms with Gasteiger partial charge in [-0.15, -0.1) is 47.3 Å². The first-order valence-electron chi connectivity index (χ1n) is 11.0. The third-order valence-electron chi connectivity index (χ3n) is 6.09. The van der Waals surface area contributed by atoms with E-state index in [1.54, 1.807) is 5.30 Å². The van der Waals surface area contributed by atoms with E-state index in [1.807, 2.05) is 0 Å². The number of rotatable bonds is 7. The van der Waals surface area contributed by atoms with E-state index in [-0.39, 0.29) is 64.0 Å².